The summed E-state index contributed by atoms with van der Waals surface area (Å²) >= 11 is 5.47. The van der Waals surface area contributed by atoms with E-state index in [1.54, 1.807) is 0 Å². The van der Waals surface area contributed by atoms with Crippen LogP contribution in [0.15, 0.2) is 18.2 Å². The van der Waals surface area contributed by atoms with Crippen molar-refractivity contribution in [3.8, 4) is 0 Å². The summed E-state index contributed by atoms with van der Waals surface area (Å²) in [6.45, 7) is 0. The normalized spacial score (nSPS) is 8.83. The average molecular weight is 209 g/mol. The van der Waals surface area contributed by atoms with Gasteiger partial charge >= 0.3 is 0 Å². The molecule has 0 fully saturated rings. The van der Waals surface area contributed by atoms with Crippen molar-refractivity contribution in [3.63, 3.8) is 0 Å². The van der Waals surface area contributed by atoms with Crippen LogP contribution in [-0.2, 0) is 0 Å². The standard InChI is InChI=1S/C7H6ClFN2.ClH/c8-4-1-2-5(7(10)11)6(9)3-4;/h1-3H,(H3,10,11);1H. The lowest BCUT2D eigenvalue weighted by Gasteiger charge is -1.99. The number of hydrogen-bond acceptors (Lipinski definition) is 1. The van der Waals surface area contributed by atoms with E-state index in [1.165, 1.54) is 12.1 Å². The Hall–Kier alpha value is -0.800. The van der Waals surface area contributed by atoms with Gasteiger partial charge in [0.05, 0.1) is 5.56 Å². The number of benzene rings is 1. The number of halogens is 3. The Bertz CT molecular complexity index is 301. The largest absolute Gasteiger partial charge is 0.384 e. The number of rotatable bonds is 1. The van der Waals surface area contributed by atoms with Crippen LogP contribution in [0.4, 0.5) is 4.39 Å². The molecule has 3 N–H and O–H groups in total. The summed E-state index contributed by atoms with van der Waals surface area (Å²) in [5.74, 6) is -0.857. The molecule has 0 aliphatic carbocycles. The van der Waals surface area contributed by atoms with Gasteiger partial charge in [-0.1, -0.05) is 11.6 Å². The van der Waals surface area contributed by atoms with Crippen molar-refractivity contribution >= 4 is 29.8 Å². The van der Waals surface area contributed by atoms with Gasteiger partial charge in [0, 0.05) is 5.02 Å². The summed E-state index contributed by atoms with van der Waals surface area (Å²) in [4.78, 5) is 0. The molecule has 0 saturated heterocycles. The Kier molecular flexibility index (Phi) is 4.00. The van der Waals surface area contributed by atoms with Crippen LogP contribution >= 0.6 is 24.0 Å². The van der Waals surface area contributed by atoms with Gasteiger partial charge in [-0.3, -0.25) is 5.41 Å². The number of hydrogen-bond donors (Lipinski definition) is 2. The highest BCUT2D eigenvalue weighted by molar-refractivity contribution is 6.30. The SMILES string of the molecule is Cl.N=C(N)c1ccc(Cl)cc1F. The quantitative estimate of drug-likeness (QED) is 0.540. The molecular weight excluding hydrogens is 202 g/mol. The van der Waals surface area contributed by atoms with Gasteiger partial charge in [0.15, 0.2) is 0 Å². The molecule has 1 aromatic carbocycles. The zero-order valence-corrected chi connectivity index (χ0v) is 7.55. The molecule has 1 aromatic rings. The second-order valence-corrected chi connectivity index (χ2v) is 2.47. The molecular formula is C7H7Cl2FN2. The minimum atomic E-state index is -0.565. The molecule has 5 heteroatoms. The molecule has 12 heavy (non-hydrogen) atoms. The van der Waals surface area contributed by atoms with E-state index in [1.807, 2.05) is 0 Å². The molecule has 0 spiro atoms. The molecule has 0 aliphatic rings. The van der Waals surface area contributed by atoms with E-state index in [9.17, 15) is 4.39 Å². The van der Waals surface area contributed by atoms with Crippen LogP contribution in [0.3, 0.4) is 0 Å². The number of nitrogen functional groups attached to an aromatic ring is 1. The van der Waals surface area contributed by atoms with Crippen LogP contribution in [0.5, 0.6) is 0 Å². The van der Waals surface area contributed by atoms with Gasteiger partial charge in [-0.05, 0) is 18.2 Å². The summed E-state index contributed by atoms with van der Waals surface area (Å²) < 4.78 is 12.8. The molecule has 0 heterocycles. The van der Waals surface area contributed by atoms with Gasteiger partial charge in [0.1, 0.15) is 11.7 Å². The first-order valence-corrected chi connectivity index (χ1v) is 3.28. The van der Waals surface area contributed by atoms with Crippen molar-refractivity contribution in [2.45, 2.75) is 0 Å². The second-order valence-electron chi connectivity index (χ2n) is 2.04. The van der Waals surface area contributed by atoms with E-state index in [2.05, 4.69) is 0 Å². The average Bonchev–Trinajstić information content (AvgIpc) is 1.85. The monoisotopic (exact) mass is 208 g/mol. The van der Waals surface area contributed by atoms with Crippen molar-refractivity contribution in [3.05, 3.63) is 34.6 Å². The molecule has 0 radical (unpaired) electrons. The Morgan fingerprint density at radius 3 is 2.50 bits per heavy atom. The Balaban J connectivity index is 0.00000121. The maximum Gasteiger partial charge on any atom is 0.135 e. The lowest BCUT2D eigenvalue weighted by atomic mass is 10.2. The van der Waals surface area contributed by atoms with Crippen LogP contribution in [0.2, 0.25) is 5.02 Å². The maximum absolute atomic E-state index is 12.8. The van der Waals surface area contributed by atoms with Gasteiger partial charge in [-0.15, -0.1) is 12.4 Å². The maximum atomic E-state index is 12.8. The molecule has 66 valence electrons. The molecule has 0 bridgehead atoms. The lowest BCUT2D eigenvalue weighted by Crippen LogP contribution is -2.12. The summed E-state index contributed by atoms with van der Waals surface area (Å²) in [5.41, 5.74) is 5.14. The van der Waals surface area contributed by atoms with Gasteiger partial charge in [-0.2, -0.15) is 0 Å². The predicted octanol–water partition coefficient (Wildman–Crippen LogP) is 2.18. The van der Waals surface area contributed by atoms with Crippen LogP contribution in [-0.4, -0.2) is 5.84 Å². The van der Waals surface area contributed by atoms with E-state index >= 15 is 0 Å². The van der Waals surface area contributed by atoms with Crippen LogP contribution < -0.4 is 5.73 Å². The molecule has 0 aliphatic heterocycles. The van der Waals surface area contributed by atoms with Crippen molar-refractivity contribution < 1.29 is 4.39 Å². The first-order chi connectivity index (χ1) is 5.11. The van der Waals surface area contributed by atoms with Crippen LogP contribution in [0, 0.1) is 11.2 Å². The number of nitrogens with one attached hydrogen (secondary N) is 1. The van der Waals surface area contributed by atoms with E-state index in [0.717, 1.165) is 6.07 Å². The third-order valence-corrected chi connectivity index (χ3v) is 1.46. The van der Waals surface area contributed by atoms with Gasteiger partial charge in [-0.25, -0.2) is 4.39 Å². The van der Waals surface area contributed by atoms with Crippen LogP contribution in [0.25, 0.3) is 0 Å². The summed E-state index contributed by atoms with van der Waals surface area (Å²) in [6.07, 6.45) is 0. The molecule has 0 saturated carbocycles. The highest BCUT2D eigenvalue weighted by atomic mass is 35.5. The molecule has 0 atom stereocenters. The summed E-state index contributed by atoms with van der Waals surface area (Å²) in [5, 5.41) is 7.24. The fraction of sp³-hybridized carbons (Fsp3) is 0. The van der Waals surface area contributed by atoms with Crippen LogP contribution in [0.1, 0.15) is 5.56 Å². The molecule has 0 unspecified atom stereocenters. The molecule has 1 rings (SSSR count). The Morgan fingerprint density at radius 2 is 2.08 bits per heavy atom. The minimum Gasteiger partial charge on any atom is -0.384 e. The third-order valence-electron chi connectivity index (χ3n) is 1.22. The lowest BCUT2D eigenvalue weighted by molar-refractivity contribution is 0.625. The van der Waals surface area contributed by atoms with Crippen molar-refractivity contribution in [2.24, 2.45) is 5.73 Å². The summed E-state index contributed by atoms with van der Waals surface area (Å²) in [7, 11) is 0. The second kappa shape index (κ2) is 4.28. The van der Waals surface area contributed by atoms with Crippen molar-refractivity contribution in [2.75, 3.05) is 0 Å². The minimum absolute atomic E-state index is 0. The van der Waals surface area contributed by atoms with E-state index in [4.69, 9.17) is 22.7 Å². The van der Waals surface area contributed by atoms with Gasteiger partial charge in [0.2, 0.25) is 0 Å². The highest BCUT2D eigenvalue weighted by Gasteiger charge is 2.03. The fourth-order valence-electron chi connectivity index (χ4n) is 0.708. The topological polar surface area (TPSA) is 49.9 Å². The predicted molar refractivity (Wildman–Crippen MR) is 49.7 cm³/mol. The molecule has 0 aromatic heterocycles. The Labute approximate surface area is 80.4 Å². The zero-order valence-electron chi connectivity index (χ0n) is 5.97. The van der Waals surface area contributed by atoms with E-state index in [0.29, 0.717) is 5.02 Å². The Morgan fingerprint density at radius 1 is 1.50 bits per heavy atom. The van der Waals surface area contributed by atoms with Crippen molar-refractivity contribution in [1.29, 1.82) is 5.41 Å². The first-order valence-electron chi connectivity index (χ1n) is 2.90. The highest BCUT2D eigenvalue weighted by Crippen LogP contribution is 2.13. The van der Waals surface area contributed by atoms with Crippen molar-refractivity contribution in [1.82, 2.24) is 0 Å². The van der Waals surface area contributed by atoms with Gasteiger partial charge < -0.3 is 5.73 Å². The summed E-state index contributed by atoms with van der Waals surface area (Å²) in [6, 6.07) is 3.99. The zero-order chi connectivity index (χ0) is 8.43. The van der Waals surface area contributed by atoms with E-state index < -0.39 is 5.82 Å². The number of amidine groups is 1. The fourth-order valence-corrected chi connectivity index (χ4v) is 0.867. The molecule has 2 nitrogen and oxygen atoms in total. The first kappa shape index (κ1) is 11.2. The third kappa shape index (κ3) is 2.36. The van der Waals surface area contributed by atoms with E-state index in [-0.39, 0.29) is 23.8 Å². The van der Waals surface area contributed by atoms with Gasteiger partial charge in [0.25, 0.3) is 0 Å². The number of nitrogens with two attached hydrogens (primary N) is 1. The smallest absolute Gasteiger partial charge is 0.135 e. The molecule has 0 amide bonds.